The zero-order chi connectivity index (χ0) is 16.9. The molecule has 0 aliphatic carbocycles. The molecule has 0 saturated carbocycles. The third-order valence-corrected chi connectivity index (χ3v) is 3.85. The van der Waals surface area contributed by atoms with Crippen LogP contribution in [-0.4, -0.2) is 19.1 Å². The summed E-state index contributed by atoms with van der Waals surface area (Å²) in [5.74, 6) is 2.80. The van der Waals surface area contributed by atoms with Crippen molar-refractivity contribution in [3.05, 3.63) is 53.5 Å². The van der Waals surface area contributed by atoms with Crippen LogP contribution in [0.1, 0.15) is 36.5 Å². The number of nitrogens with one attached hydrogen (secondary N) is 1. The predicted octanol–water partition coefficient (Wildman–Crippen LogP) is 3.64. The number of furan rings is 1. The Morgan fingerprint density at radius 1 is 1.21 bits per heavy atom. The monoisotopic (exact) mass is 327 g/mol. The van der Waals surface area contributed by atoms with Gasteiger partial charge in [-0.05, 0) is 49.2 Å². The minimum absolute atomic E-state index is 0.0867. The quantitative estimate of drug-likeness (QED) is 0.852. The number of aryl methyl sites for hydroxylation is 1. The topological polar surface area (TPSA) is 60.7 Å². The highest BCUT2D eigenvalue weighted by Crippen LogP contribution is 2.33. The van der Waals surface area contributed by atoms with E-state index in [9.17, 15) is 4.79 Å². The Morgan fingerprint density at radius 3 is 2.71 bits per heavy atom. The Balaban J connectivity index is 1.67. The van der Waals surface area contributed by atoms with E-state index in [4.69, 9.17) is 13.9 Å². The van der Waals surface area contributed by atoms with Crippen molar-refractivity contribution in [1.29, 1.82) is 0 Å². The SMILES string of the molecule is CCC(NC(=O)C=Cc1ccc(C)o1)c1ccc2c(c1)OCCO2. The second kappa shape index (κ2) is 7.25. The number of carbonyl (C=O) groups excluding carboxylic acids is 1. The van der Waals surface area contributed by atoms with E-state index in [2.05, 4.69) is 5.32 Å². The van der Waals surface area contributed by atoms with Crippen molar-refractivity contribution in [2.75, 3.05) is 13.2 Å². The van der Waals surface area contributed by atoms with Crippen molar-refractivity contribution < 1.29 is 18.7 Å². The van der Waals surface area contributed by atoms with E-state index in [-0.39, 0.29) is 11.9 Å². The molecule has 1 unspecified atom stereocenters. The molecular weight excluding hydrogens is 306 g/mol. The molecule has 0 saturated heterocycles. The molecule has 1 amide bonds. The van der Waals surface area contributed by atoms with Gasteiger partial charge in [-0.25, -0.2) is 0 Å². The lowest BCUT2D eigenvalue weighted by molar-refractivity contribution is -0.117. The first-order valence-corrected chi connectivity index (χ1v) is 8.10. The minimum atomic E-state index is -0.161. The van der Waals surface area contributed by atoms with Gasteiger partial charge >= 0.3 is 0 Å². The molecule has 0 fully saturated rings. The Kier molecular flexibility index (Phi) is 4.89. The van der Waals surface area contributed by atoms with Crippen LogP contribution in [0.3, 0.4) is 0 Å². The molecule has 0 radical (unpaired) electrons. The lowest BCUT2D eigenvalue weighted by Crippen LogP contribution is -2.26. The van der Waals surface area contributed by atoms with Crippen LogP contribution in [-0.2, 0) is 4.79 Å². The van der Waals surface area contributed by atoms with Gasteiger partial charge in [-0.15, -0.1) is 0 Å². The summed E-state index contributed by atoms with van der Waals surface area (Å²) in [6.07, 6.45) is 3.93. The Labute approximate surface area is 141 Å². The van der Waals surface area contributed by atoms with Gasteiger partial charge < -0.3 is 19.2 Å². The number of rotatable bonds is 5. The molecule has 1 aromatic carbocycles. The van der Waals surface area contributed by atoms with Gasteiger partial charge in [0.25, 0.3) is 0 Å². The van der Waals surface area contributed by atoms with Crippen LogP contribution in [0.4, 0.5) is 0 Å². The first-order valence-electron chi connectivity index (χ1n) is 8.10. The second-order valence-electron chi connectivity index (χ2n) is 5.65. The first kappa shape index (κ1) is 16.2. The third kappa shape index (κ3) is 3.79. The maximum absolute atomic E-state index is 12.2. The summed E-state index contributed by atoms with van der Waals surface area (Å²) in [6, 6.07) is 9.39. The smallest absolute Gasteiger partial charge is 0.244 e. The van der Waals surface area contributed by atoms with Crippen molar-refractivity contribution in [1.82, 2.24) is 5.32 Å². The fraction of sp³-hybridized carbons (Fsp3) is 0.316. The zero-order valence-corrected chi connectivity index (χ0v) is 13.9. The molecule has 1 aromatic heterocycles. The van der Waals surface area contributed by atoms with Gasteiger partial charge in [0.2, 0.25) is 5.91 Å². The highest BCUT2D eigenvalue weighted by Gasteiger charge is 2.17. The average molecular weight is 327 g/mol. The summed E-state index contributed by atoms with van der Waals surface area (Å²) in [7, 11) is 0. The van der Waals surface area contributed by atoms with Crippen molar-refractivity contribution >= 4 is 12.0 Å². The van der Waals surface area contributed by atoms with E-state index in [0.717, 1.165) is 29.2 Å². The van der Waals surface area contributed by atoms with Crippen LogP contribution in [0.5, 0.6) is 11.5 Å². The Morgan fingerprint density at radius 2 is 2.00 bits per heavy atom. The molecule has 24 heavy (non-hydrogen) atoms. The van der Waals surface area contributed by atoms with Crippen LogP contribution in [0, 0.1) is 6.92 Å². The van der Waals surface area contributed by atoms with Gasteiger partial charge in [-0.1, -0.05) is 13.0 Å². The maximum Gasteiger partial charge on any atom is 0.244 e. The van der Waals surface area contributed by atoms with Gasteiger partial charge in [-0.2, -0.15) is 0 Å². The lowest BCUT2D eigenvalue weighted by Gasteiger charge is -2.22. The van der Waals surface area contributed by atoms with E-state index in [1.807, 2.05) is 44.2 Å². The molecule has 1 aliphatic rings. The van der Waals surface area contributed by atoms with E-state index in [0.29, 0.717) is 19.0 Å². The van der Waals surface area contributed by atoms with E-state index in [1.165, 1.54) is 6.08 Å². The number of hydrogen-bond donors (Lipinski definition) is 1. The number of carbonyl (C=O) groups is 1. The van der Waals surface area contributed by atoms with Crippen LogP contribution >= 0.6 is 0 Å². The molecule has 2 aromatic rings. The van der Waals surface area contributed by atoms with Gasteiger partial charge in [-0.3, -0.25) is 4.79 Å². The summed E-state index contributed by atoms with van der Waals surface area (Å²) >= 11 is 0. The van der Waals surface area contributed by atoms with E-state index >= 15 is 0 Å². The largest absolute Gasteiger partial charge is 0.486 e. The van der Waals surface area contributed by atoms with E-state index < -0.39 is 0 Å². The summed E-state index contributed by atoms with van der Waals surface area (Å²) in [4.78, 5) is 12.2. The van der Waals surface area contributed by atoms with Crippen LogP contribution in [0.2, 0.25) is 0 Å². The van der Waals surface area contributed by atoms with Crippen molar-refractivity contribution in [3.63, 3.8) is 0 Å². The van der Waals surface area contributed by atoms with Gasteiger partial charge in [0.1, 0.15) is 24.7 Å². The highest BCUT2D eigenvalue weighted by atomic mass is 16.6. The number of fused-ring (bicyclic) bond motifs is 1. The predicted molar refractivity (Wildman–Crippen MR) is 91.1 cm³/mol. The fourth-order valence-electron chi connectivity index (χ4n) is 2.62. The maximum atomic E-state index is 12.2. The van der Waals surface area contributed by atoms with Crippen LogP contribution in [0.25, 0.3) is 6.08 Å². The number of amides is 1. The molecule has 1 atom stereocenters. The Bertz CT molecular complexity index is 748. The minimum Gasteiger partial charge on any atom is -0.486 e. The number of ether oxygens (including phenoxy) is 2. The van der Waals surface area contributed by atoms with Crippen LogP contribution < -0.4 is 14.8 Å². The summed E-state index contributed by atoms with van der Waals surface area (Å²) in [5.41, 5.74) is 0.998. The summed E-state index contributed by atoms with van der Waals surface area (Å²) < 4.78 is 16.6. The van der Waals surface area contributed by atoms with Gasteiger partial charge in [0, 0.05) is 6.08 Å². The fourth-order valence-corrected chi connectivity index (χ4v) is 2.62. The van der Waals surface area contributed by atoms with Crippen molar-refractivity contribution in [3.8, 4) is 11.5 Å². The second-order valence-corrected chi connectivity index (χ2v) is 5.65. The summed E-state index contributed by atoms with van der Waals surface area (Å²) in [5, 5.41) is 3.00. The average Bonchev–Trinajstić information content (AvgIpc) is 3.03. The first-order chi connectivity index (χ1) is 11.7. The molecule has 0 bridgehead atoms. The number of benzene rings is 1. The highest BCUT2D eigenvalue weighted by molar-refractivity contribution is 5.91. The lowest BCUT2D eigenvalue weighted by atomic mass is 10.0. The molecule has 5 heteroatoms. The molecule has 3 rings (SSSR count). The molecular formula is C19H21NO4. The standard InChI is InChI=1S/C19H21NO4/c1-3-16(14-5-8-17-18(12-14)23-11-10-22-17)20-19(21)9-7-15-6-4-13(2)24-15/h4-9,12,16H,3,10-11H2,1-2H3,(H,20,21). The van der Waals surface area contributed by atoms with Crippen molar-refractivity contribution in [2.45, 2.75) is 26.3 Å². The van der Waals surface area contributed by atoms with Crippen LogP contribution in [0.15, 0.2) is 40.8 Å². The molecule has 0 spiro atoms. The van der Waals surface area contributed by atoms with Crippen molar-refractivity contribution in [2.24, 2.45) is 0 Å². The third-order valence-electron chi connectivity index (χ3n) is 3.85. The molecule has 2 heterocycles. The molecule has 5 nitrogen and oxygen atoms in total. The zero-order valence-electron chi connectivity index (χ0n) is 13.9. The Hall–Kier alpha value is -2.69. The molecule has 126 valence electrons. The normalized spacial score (nSPS) is 14.6. The van der Waals surface area contributed by atoms with Gasteiger partial charge in [0.05, 0.1) is 6.04 Å². The number of hydrogen-bond acceptors (Lipinski definition) is 4. The van der Waals surface area contributed by atoms with Gasteiger partial charge in [0.15, 0.2) is 11.5 Å². The molecule has 1 N–H and O–H groups in total. The summed E-state index contributed by atoms with van der Waals surface area (Å²) in [6.45, 7) is 5.01. The molecule has 1 aliphatic heterocycles. The van der Waals surface area contributed by atoms with E-state index in [1.54, 1.807) is 6.08 Å².